The standard InChI is InChI=1S/C12H11F3O4/c1-18-11-9(14)7(6-8(13)10(11)15)12(17)19-5-3-2-4-16/h2-3,6,16H,4-5H2,1H3. The monoisotopic (exact) mass is 276 g/mol. The van der Waals surface area contributed by atoms with Gasteiger partial charge in [0.2, 0.25) is 5.82 Å². The maximum absolute atomic E-state index is 13.6. The fraction of sp³-hybridized carbons (Fsp3) is 0.250. The molecule has 0 radical (unpaired) electrons. The van der Waals surface area contributed by atoms with E-state index in [-0.39, 0.29) is 13.2 Å². The number of aliphatic hydroxyl groups excluding tert-OH is 1. The third kappa shape index (κ3) is 3.47. The van der Waals surface area contributed by atoms with Gasteiger partial charge >= 0.3 is 5.97 Å². The zero-order valence-electron chi connectivity index (χ0n) is 9.95. The van der Waals surface area contributed by atoms with E-state index in [0.29, 0.717) is 6.07 Å². The molecule has 4 nitrogen and oxygen atoms in total. The highest BCUT2D eigenvalue weighted by Gasteiger charge is 2.24. The molecular weight excluding hydrogens is 265 g/mol. The Bertz CT molecular complexity index is 500. The average Bonchev–Trinajstić information content (AvgIpc) is 2.39. The molecule has 0 saturated carbocycles. The summed E-state index contributed by atoms with van der Waals surface area (Å²) >= 11 is 0. The molecule has 1 aromatic carbocycles. The van der Waals surface area contributed by atoms with Gasteiger partial charge in [-0.2, -0.15) is 4.39 Å². The zero-order chi connectivity index (χ0) is 14.4. The van der Waals surface area contributed by atoms with Crippen LogP contribution < -0.4 is 4.74 Å². The second-order valence-corrected chi connectivity index (χ2v) is 3.32. The minimum absolute atomic E-state index is 0.236. The van der Waals surface area contributed by atoms with Crippen molar-refractivity contribution in [1.29, 1.82) is 0 Å². The third-order valence-electron chi connectivity index (χ3n) is 2.12. The molecule has 0 atom stereocenters. The number of hydrogen-bond donors (Lipinski definition) is 1. The number of aliphatic hydroxyl groups is 1. The quantitative estimate of drug-likeness (QED) is 0.506. The minimum Gasteiger partial charge on any atom is -0.491 e. The molecule has 1 aromatic rings. The topological polar surface area (TPSA) is 55.8 Å². The van der Waals surface area contributed by atoms with Crippen molar-refractivity contribution in [3.05, 3.63) is 41.2 Å². The summed E-state index contributed by atoms with van der Waals surface area (Å²) in [5.74, 6) is -6.43. The van der Waals surface area contributed by atoms with Crippen molar-refractivity contribution in [2.24, 2.45) is 0 Å². The first-order valence-electron chi connectivity index (χ1n) is 5.17. The van der Waals surface area contributed by atoms with Crippen LogP contribution >= 0.6 is 0 Å². The summed E-state index contributed by atoms with van der Waals surface area (Å²) in [6.45, 7) is -0.481. The van der Waals surface area contributed by atoms with Gasteiger partial charge in [-0.05, 0) is 12.1 Å². The van der Waals surface area contributed by atoms with Crippen LogP contribution in [0.5, 0.6) is 5.75 Å². The summed E-state index contributed by atoms with van der Waals surface area (Å²) < 4.78 is 48.8. The van der Waals surface area contributed by atoms with E-state index >= 15 is 0 Å². The molecule has 0 amide bonds. The van der Waals surface area contributed by atoms with Crippen LogP contribution in [0.4, 0.5) is 13.2 Å². The van der Waals surface area contributed by atoms with E-state index < -0.39 is 34.7 Å². The fourth-order valence-corrected chi connectivity index (χ4v) is 1.25. The summed E-state index contributed by atoms with van der Waals surface area (Å²) in [5.41, 5.74) is -0.770. The van der Waals surface area contributed by atoms with Gasteiger partial charge < -0.3 is 14.6 Å². The Morgan fingerprint density at radius 2 is 2.00 bits per heavy atom. The third-order valence-corrected chi connectivity index (χ3v) is 2.12. The van der Waals surface area contributed by atoms with Gasteiger partial charge in [0.05, 0.1) is 13.7 Å². The van der Waals surface area contributed by atoms with E-state index in [1.54, 1.807) is 0 Å². The molecular formula is C12H11F3O4. The summed E-state index contributed by atoms with van der Waals surface area (Å²) in [7, 11) is 0.944. The van der Waals surface area contributed by atoms with E-state index in [2.05, 4.69) is 9.47 Å². The summed E-state index contributed by atoms with van der Waals surface area (Å²) in [6, 6.07) is 0.394. The molecule has 0 unspecified atom stereocenters. The van der Waals surface area contributed by atoms with Gasteiger partial charge in [-0.15, -0.1) is 0 Å². The molecule has 0 aromatic heterocycles. The molecule has 1 rings (SSSR count). The molecule has 19 heavy (non-hydrogen) atoms. The van der Waals surface area contributed by atoms with E-state index in [1.165, 1.54) is 12.2 Å². The lowest BCUT2D eigenvalue weighted by molar-refractivity contribution is 0.0541. The first kappa shape index (κ1) is 15.0. The molecule has 0 saturated heterocycles. The van der Waals surface area contributed by atoms with Crippen molar-refractivity contribution in [3.8, 4) is 5.75 Å². The van der Waals surface area contributed by atoms with Crippen molar-refractivity contribution in [2.45, 2.75) is 0 Å². The van der Waals surface area contributed by atoms with Gasteiger partial charge in [-0.25, -0.2) is 13.6 Å². The van der Waals surface area contributed by atoms with Crippen LogP contribution in [0.2, 0.25) is 0 Å². The van der Waals surface area contributed by atoms with Crippen molar-refractivity contribution in [2.75, 3.05) is 20.3 Å². The van der Waals surface area contributed by atoms with Crippen LogP contribution in [-0.2, 0) is 4.74 Å². The number of carbonyl (C=O) groups excluding carboxylic acids is 1. The molecule has 1 N–H and O–H groups in total. The Kier molecular flexibility index (Phi) is 5.37. The van der Waals surface area contributed by atoms with Gasteiger partial charge in [-0.3, -0.25) is 0 Å². The van der Waals surface area contributed by atoms with Gasteiger partial charge in [-0.1, -0.05) is 6.08 Å². The molecule has 0 fully saturated rings. The number of hydrogen-bond acceptors (Lipinski definition) is 4. The number of carbonyl (C=O) groups is 1. The predicted octanol–water partition coefficient (Wildman–Crippen LogP) is 1.82. The average molecular weight is 276 g/mol. The van der Waals surface area contributed by atoms with Crippen molar-refractivity contribution in [1.82, 2.24) is 0 Å². The lowest BCUT2D eigenvalue weighted by Crippen LogP contribution is -2.11. The molecule has 0 bridgehead atoms. The summed E-state index contributed by atoms with van der Waals surface area (Å²) in [6.07, 6.45) is 2.61. The lowest BCUT2D eigenvalue weighted by Gasteiger charge is -2.08. The number of methoxy groups -OCH3 is 1. The first-order valence-corrected chi connectivity index (χ1v) is 5.17. The number of esters is 1. The van der Waals surface area contributed by atoms with Crippen LogP contribution in [0, 0.1) is 17.5 Å². The van der Waals surface area contributed by atoms with Crippen molar-refractivity contribution >= 4 is 5.97 Å². The highest BCUT2D eigenvalue weighted by molar-refractivity contribution is 5.90. The Morgan fingerprint density at radius 1 is 1.32 bits per heavy atom. The highest BCUT2D eigenvalue weighted by atomic mass is 19.2. The van der Waals surface area contributed by atoms with Crippen molar-refractivity contribution < 1.29 is 32.5 Å². The molecule has 104 valence electrons. The predicted molar refractivity (Wildman–Crippen MR) is 59.4 cm³/mol. The fourth-order valence-electron chi connectivity index (χ4n) is 1.25. The van der Waals surface area contributed by atoms with E-state index in [1.807, 2.05) is 0 Å². The van der Waals surface area contributed by atoms with E-state index in [0.717, 1.165) is 7.11 Å². The largest absolute Gasteiger partial charge is 0.491 e. The SMILES string of the molecule is COc1c(F)c(F)cc(C(=O)OCC=CCO)c1F. The van der Waals surface area contributed by atoms with Gasteiger partial charge in [0.1, 0.15) is 12.2 Å². The zero-order valence-corrected chi connectivity index (χ0v) is 9.95. The number of ether oxygens (including phenoxy) is 2. The van der Waals surface area contributed by atoms with Gasteiger partial charge in [0, 0.05) is 0 Å². The Morgan fingerprint density at radius 3 is 2.58 bits per heavy atom. The first-order chi connectivity index (χ1) is 9.02. The van der Waals surface area contributed by atoms with Gasteiger partial charge in [0.15, 0.2) is 17.4 Å². The van der Waals surface area contributed by atoms with E-state index in [9.17, 15) is 18.0 Å². The normalized spacial score (nSPS) is 10.8. The molecule has 0 aliphatic heterocycles. The number of rotatable bonds is 5. The van der Waals surface area contributed by atoms with Crippen LogP contribution in [0.25, 0.3) is 0 Å². The summed E-state index contributed by atoms with van der Waals surface area (Å²) in [4.78, 5) is 11.5. The summed E-state index contributed by atoms with van der Waals surface area (Å²) in [5, 5.41) is 8.43. The van der Waals surface area contributed by atoms with Gasteiger partial charge in [0.25, 0.3) is 0 Å². The highest BCUT2D eigenvalue weighted by Crippen LogP contribution is 2.27. The smallest absolute Gasteiger partial charge is 0.341 e. The second kappa shape index (κ2) is 6.79. The van der Waals surface area contributed by atoms with E-state index in [4.69, 9.17) is 5.11 Å². The maximum Gasteiger partial charge on any atom is 0.341 e. The maximum atomic E-state index is 13.6. The molecule has 0 spiro atoms. The molecule has 0 heterocycles. The Labute approximate surface area is 107 Å². The lowest BCUT2D eigenvalue weighted by atomic mass is 10.2. The van der Waals surface area contributed by atoms with Crippen LogP contribution in [-0.4, -0.2) is 31.4 Å². The van der Waals surface area contributed by atoms with Crippen molar-refractivity contribution in [3.63, 3.8) is 0 Å². The second-order valence-electron chi connectivity index (χ2n) is 3.32. The molecule has 7 heteroatoms. The number of halogens is 3. The Balaban J connectivity index is 2.97. The van der Waals surface area contributed by atoms with Crippen LogP contribution in [0.15, 0.2) is 18.2 Å². The Hall–Kier alpha value is -2.02. The minimum atomic E-state index is -1.52. The van der Waals surface area contributed by atoms with Crippen LogP contribution in [0.3, 0.4) is 0 Å². The van der Waals surface area contributed by atoms with Crippen LogP contribution in [0.1, 0.15) is 10.4 Å². The molecule has 0 aliphatic carbocycles. The number of benzene rings is 1. The molecule has 0 aliphatic rings.